The van der Waals surface area contributed by atoms with E-state index in [1.54, 1.807) is 6.07 Å². The first kappa shape index (κ1) is 12.3. The molecule has 0 radical (unpaired) electrons. The Balaban J connectivity index is 2.93. The molecular formula is C11H16N4O. The molecule has 0 saturated carbocycles. The second-order valence-electron chi connectivity index (χ2n) is 3.91. The van der Waals surface area contributed by atoms with Crippen LogP contribution >= 0.6 is 0 Å². The van der Waals surface area contributed by atoms with Gasteiger partial charge in [-0.05, 0) is 12.0 Å². The summed E-state index contributed by atoms with van der Waals surface area (Å²) >= 11 is 0. The average molecular weight is 220 g/mol. The number of nitrogens with one attached hydrogen (secondary N) is 1. The lowest BCUT2D eigenvalue weighted by molar-refractivity contribution is 0.249. The van der Waals surface area contributed by atoms with Gasteiger partial charge >= 0.3 is 0 Å². The van der Waals surface area contributed by atoms with E-state index in [1.807, 2.05) is 19.9 Å². The first-order valence-corrected chi connectivity index (χ1v) is 5.12. The number of nitrogens with zero attached hydrogens (tertiary/aromatic N) is 2. The molecule has 4 N–H and O–H groups in total. The van der Waals surface area contributed by atoms with E-state index in [1.165, 1.54) is 6.20 Å². The van der Waals surface area contributed by atoms with Crippen LogP contribution in [0.4, 0.5) is 11.5 Å². The lowest BCUT2D eigenvalue weighted by Crippen LogP contribution is -2.30. The summed E-state index contributed by atoms with van der Waals surface area (Å²) in [6.45, 7) is 3.96. The number of hydrogen-bond donors (Lipinski definition) is 3. The summed E-state index contributed by atoms with van der Waals surface area (Å²) < 4.78 is 0. The molecule has 0 aliphatic rings. The van der Waals surface area contributed by atoms with E-state index in [2.05, 4.69) is 10.3 Å². The Bertz CT molecular complexity index is 397. The minimum atomic E-state index is -0.122. The van der Waals surface area contributed by atoms with Crippen LogP contribution in [-0.4, -0.2) is 22.7 Å². The highest BCUT2D eigenvalue weighted by atomic mass is 16.3. The van der Waals surface area contributed by atoms with Crippen molar-refractivity contribution in [2.45, 2.75) is 19.9 Å². The molecule has 0 saturated heterocycles. The zero-order valence-corrected chi connectivity index (χ0v) is 9.44. The van der Waals surface area contributed by atoms with Crippen LogP contribution in [0.3, 0.4) is 0 Å². The zero-order chi connectivity index (χ0) is 12.1. The number of aliphatic hydroxyl groups excluding tert-OH is 1. The molecule has 1 rings (SSSR count). The third-order valence-electron chi connectivity index (χ3n) is 2.43. The lowest BCUT2D eigenvalue weighted by Gasteiger charge is -2.21. The topological polar surface area (TPSA) is 95.0 Å². The summed E-state index contributed by atoms with van der Waals surface area (Å²) in [6.07, 6.45) is 1.52. The van der Waals surface area contributed by atoms with Gasteiger partial charge in [0.2, 0.25) is 0 Å². The molecule has 16 heavy (non-hydrogen) atoms. The van der Waals surface area contributed by atoms with Crippen molar-refractivity contribution < 1.29 is 5.11 Å². The van der Waals surface area contributed by atoms with E-state index in [4.69, 9.17) is 11.0 Å². The Hall–Kier alpha value is -1.80. The molecule has 0 aromatic carbocycles. The quantitative estimate of drug-likeness (QED) is 0.702. The minimum absolute atomic E-state index is 0.00440. The van der Waals surface area contributed by atoms with Crippen molar-refractivity contribution in [3.8, 4) is 6.07 Å². The Morgan fingerprint density at radius 2 is 2.31 bits per heavy atom. The fraction of sp³-hybridized carbons (Fsp3) is 0.455. The summed E-state index contributed by atoms with van der Waals surface area (Å²) in [5.41, 5.74) is 6.48. The molecule has 0 unspecified atom stereocenters. The Kier molecular flexibility index (Phi) is 4.09. The van der Waals surface area contributed by atoms with Crippen LogP contribution in [0.15, 0.2) is 12.3 Å². The standard InChI is InChI=1S/C11H16N4O/c1-7(2)9(6-16)15-11-10(13)8(5-12)3-4-14-11/h3-4,7,9,16H,6,13H2,1-2H3,(H,14,15)/t9-/m1/s1. The molecule has 0 aliphatic heterocycles. The predicted octanol–water partition coefficient (Wildman–Crippen LogP) is 0.964. The molecule has 0 bridgehead atoms. The number of aromatic nitrogens is 1. The SMILES string of the molecule is CC(C)[C@@H](CO)Nc1nccc(C#N)c1N. The van der Waals surface area contributed by atoms with Gasteiger partial charge in [-0.25, -0.2) is 4.98 Å². The number of rotatable bonds is 4. The first-order valence-electron chi connectivity index (χ1n) is 5.12. The van der Waals surface area contributed by atoms with E-state index >= 15 is 0 Å². The summed E-state index contributed by atoms with van der Waals surface area (Å²) in [6, 6.07) is 3.43. The Morgan fingerprint density at radius 1 is 1.62 bits per heavy atom. The predicted molar refractivity (Wildman–Crippen MR) is 62.7 cm³/mol. The highest BCUT2D eigenvalue weighted by Gasteiger charge is 2.14. The van der Waals surface area contributed by atoms with E-state index in [0.717, 1.165) is 0 Å². The lowest BCUT2D eigenvalue weighted by atomic mass is 10.1. The molecule has 0 amide bonds. The maximum atomic E-state index is 9.18. The van der Waals surface area contributed by atoms with Crippen LogP contribution in [0, 0.1) is 17.2 Å². The van der Waals surface area contributed by atoms with Gasteiger partial charge < -0.3 is 16.2 Å². The smallest absolute Gasteiger partial charge is 0.150 e. The van der Waals surface area contributed by atoms with Crippen LogP contribution < -0.4 is 11.1 Å². The molecule has 1 aromatic rings. The number of aliphatic hydroxyl groups is 1. The van der Waals surface area contributed by atoms with Crippen molar-refractivity contribution >= 4 is 11.5 Å². The molecule has 0 aliphatic carbocycles. The summed E-state index contributed by atoms with van der Waals surface area (Å²) in [5, 5.41) is 21.0. The van der Waals surface area contributed by atoms with Crippen molar-refractivity contribution in [2.24, 2.45) is 5.92 Å². The minimum Gasteiger partial charge on any atom is -0.395 e. The van der Waals surface area contributed by atoms with Gasteiger partial charge in [0, 0.05) is 6.20 Å². The van der Waals surface area contributed by atoms with Gasteiger partial charge in [-0.3, -0.25) is 0 Å². The summed E-state index contributed by atoms with van der Waals surface area (Å²) in [5.74, 6) is 0.698. The number of pyridine rings is 1. The van der Waals surface area contributed by atoms with Crippen molar-refractivity contribution in [1.29, 1.82) is 5.26 Å². The summed E-state index contributed by atoms with van der Waals surface area (Å²) in [7, 11) is 0. The third kappa shape index (κ3) is 2.61. The first-order chi connectivity index (χ1) is 7.60. The Morgan fingerprint density at radius 3 is 2.81 bits per heavy atom. The molecule has 1 atom stereocenters. The molecule has 0 spiro atoms. The van der Waals surface area contributed by atoms with Crippen LogP contribution in [0.1, 0.15) is 19.4 Å². The van der Waals surface area contributed by atoms with Crippen molar-refractivity contribution in [3.63, 3.8) is 0 Å². The molecule has 0 fully saturated rings. The monoisotopic (exact) mass is 220 g/mol. The van der Waals surface area contributed by atoms with Crippen LogP contribution in [-0.2, 0) is 0 Å². The molecule has 1 heterocycles. The van der Waals surface area contributed by atoms with Crippen LogP contribution in [0.25, 0.3) is 0 Å². The van der Waals surface area contributed by atoms with Crippen molar-refractivity contribution in [2.75, 3.05) is 17.7 Å². The second kappa shape index (κ2) is 5.33. The normalized spacial score (nSPS) is 12.2. The molecular weight excluding hydrogens is 204 g/mol. The largest absolute Gasteiger partial charge is 0.395 e. The highest BCUT2D eigenvalue weighted by molar-refractivity contribution is 5.69. The fourth-order valence-electron chi connectivity index (χ4n) is 1.28. The van der Waals surface area contributed by atoms with Gasteiger partial charge in [-0.15, -0.1) is 0 Å². The van der Waals surface area contributed by atoms with Gasteiger partial charge in [0.15, 0.2) is 5.82 Å². The van der Waals surface area contributed by atoms with Gasteiger partial charge in [-0.1, -0.05) is 13.8 Å². The number of anilines is 2. The van der Waals surface area contributed by atoms with Gasteiger partial charge in [0.05, 0.1) is 23.9 Å². The van der Waals surface area contributed by atoms with Gasteiger partial charge in [0.1, 0.15) is 6.07 Å². The van der Waals surface area contributed by atoms with Crippen LogP contribution in [0.2, 0.25) is 0 Å². The maximum Gasteiger partial charge on any atom is 0.150 e. The van der Waals surface area contributed by atoms with E-state index in [0.29, 0.717) is 17.1 Å². The van der Waals surface area contributed by atoms with E-state index in [-0.39, 0.29) is 18.6 Å². The third-order valence-corrected chi connectivity index (χ3v) is 2.43. The Labute approximate surface area is 94.9 Å². The van der Waals surface area contributed by atoms with Crippen molar-refractivity contribution in [3.05, 3.63) is 17.8 Å². The number of nitriles is 1. The number of hydrogen-bond acceptors (Lipinski definition) is 5. The van der Waals surface area contributed by atoms with E-state index in [9.17, 15) is 5.11 Å². The maximum absolute atomic E-state index is 9.18. The molecule has 5 nitrogen and oxygen atoms in total. The van der Waals surface area contributed by atoms with E-state index < -0.39 is 0 Å². The molecule has 1 aromatic heterocycles. The fourth-order valence-corrected chi connectivity index (χ4v) is 1.28. The van der Waals surface area contributed by atoms with Gasteiger partial charge in [-0.2, -0.15) is 5.26 Å². The molecule has 86 valence electrons. The van der Waals surface area contributed by atoms with Crippen molar-refractivity contribution in [1.82, 2.24) is 4.98 Å². The molecule has 5 heteroatoms. The number of nitrogen functional groups attached to an aromatic ring is 1. The van der Waals surface area contributed by atoms with Gasteiger partial charge in [0.25, 0.3) is 0 Å². The average Bonchev–Trinajstić information content (AvgIpc) is 2.27. The van der Waals surface area contributed by atoms with Crippen LogP contribution in [0.5, 0.6) is 0 Å². The second-order valence-corrected chi connectivity index (χ2v) is 3.91. The number of nitrogens with two attached hydrogens (primary N) is 1. The summed E-state index contributed by atoms with van der Waals surface area (Å²) in [4.78, 5) is 4.06. The zero-order valence-electron chi connectivity index (χ0n) is 9.44. The highest BCUT2D eigenvalue weighted by Crippen LogP contribution is 2.21.